The van der Waals surface area contributed by atoms with Gasteiger partial charge in [0.1, 0.15) is 6.04 Å². The smallest absolute Gasteiger partial charge is 0.326 e. The zero-order valence-electron chi connectivity index (χ0n) is 11.4. The molecule has 0 radical (unpaired) electrons. The quantitative estimate of drug-likeness (QED) is 0.663. The van der Waals surface area contributed by atoms with Crippen LogP contribution in [0, 0.1) is 6.92 Å². The lowest BCUT2D eigenvalue weighted by Crippen LogP contribution is -2.46. The third kappa shape index (κ3) is 4.27. The van der Waals surface area contributed by atoms with Gasteiger partial charge in [-0.15, -0.1) is 0 Å². The molecule has 1 aromatic heterocycles. The second-order valence-electron chi connectivity index (χ2n) is 4.48. The first kappa shape index (κ1) is 15.0. The van der Waals surface area contributed by atoms with E-state index in [1.807, 2.05) is 6.92 Å². The van der Waals surface area contributed by atoms with Crippen LogP contribution in [0.5, 0.6) is 0 Å². The molecule has 0 aliphatic carbocycles. The van der Waals surface area contributed by atoms with Crippen molar-refractivity contribution in [1.82, 2.24) is 20.4 Å². The zero-order chi connectivity index (χ0) is 14.4. The number of nitrogens with one attached hydrogen (secondary N) is 2. The Bertz CT molecular complexity index is 444. The molecule has 7 nitrogen and oxygen atoms in total. The number of hydrogen-bond acceptors (Lipinski definition) is 3. The van der Waals surface area contributed by atoms with Gasteiger partial charge in [0.05, 0.1) is 6.20 Å². The molecule has 1 unspecified atom stereocenters. The Labute approximate surface area is 112 Å². The number of hydrogen-bond donors (Lipinski definition) is 3. The van der Waals surface area contributed by atoms with Crippen LogP contribution in [0.4, 0.5) is 4.79 Å². The maximum absolute atomic E-state index is 11.7. The second kappa shape index (κ2) is 6.77. The van der Waals surface area contributed by atoms with Gasteiger partial charge in [0.15, 0.2) is 0 Å². The van der Waals surface area contributed by atoms with Crippen molar-refractivity contribution in [3.8, 4) is 0 Å². The van der Waals surface area contributed by atoms with Crippen molar-refractivity contribution in [1.29, 1.82) is 0 Å². The van der Waals surface area contributed by atoms with Crippen molar-refractivity contribution < 1.29 is 14.7 Å². The van der Waals surface area contributed by atoms with Gasteiger partial charge < -0.3 is 15.3 Å². The summed E-state index contributed by atoms with van der Waals surface area (Å²) in [6.45, 7) is 3.92. The van der Waals surface area contributed by atoms with Crippen molar-refractivity contribution in [2.45, 2.75) is 32.7 Å². The number of carboxylic acids is 1. The van der Waals surface area contributed by atoms with Crippen LogP contribution in [-0.2, 0) is 11.2 Å². The molecule has 2 amide bonds. The molecular formula is C12H20N4O3. The lowest BCUT2D eigenvalue weighted by Gasteiger charge is -2.21. The van der Waals surface area contributed by atoms with Crippen LogP contribution in [0.15, 0.2) is 6.20 Å². The number of aromatic amines is 1. The van der Waals surface area contributed by atoms with E-state index in [-0.39, 0.29) is 6.03 Å². The van der Waals surface area contributed by atoms with Gasteiger partial charge in [0.25, 0.3) is 0 Å². The topological polar surface area (TPSA) is 98.3 Å². The lowest BCUT2D eigenvalue weighted by atomic mass is 10.1. The highest BCUT2D eigenvalue weighted by Crippen LogP contribution is 2.05. The minimum Gasteiger partial charge on any atom is -0.480 e. The maximum Gasteiger partial charge on any atom is 0.326 e. The molecule has 1 atom stereocenters. The number of carbonyl (C=O) groups excluding carboxylic acids is 1. The largest absolute Gasteiger partial charge is 0.480 e. The summed E-state index contributed by atoms with van der Waals surface area (Å²) in [6.07, 6.45) is 3.37. The third-order valence-electron chi connectivity index (χ3n) is 3.09. The standard InChI is InChI=1S/C12H20N4O3/c1-8-10(7-14-15-8)5-4-6-13-12(19)16(3)9(2)11(17)18/h7,9H,4-6H2,1-3H3,(H,13,19)(H,14,15)(H,17,18). The molecule has 106 valence electrons. The molecular weight excluding hydrogens is 248 g/mol. The van der Waals surface area contributed by atoms with Crippen LogP contribution in [-0.4, -0.2) is 51.8 Å². The fraction of sp³-hybridized carbons (Fsp3) is 0.583. The molecule has 7 heteroatoms. The predicted octanol–water partition coefficient (Wildman–Crippen LogP) is 0.765. The summed E-state index contributed by atoms with van der Waals surface area (Å²) < 4.78 is 0. The molecule has 0 aliphatic heterocycles. The third-order valence-corrected chi connectivity index (χ3v) is 3.09. The first-order valence-corrected chi connectivity index (χ1v) is 6.15. The summed E-state index contributed by atoms with van der Waals surface area (Å²) in [6, 6.07) is -1.21. The molecule has 19 heavy (non-hydrogen) atoms. The number of carboxylic acid groups (broad SMARTS) is 1. The van der Waals surface area contributed by atoms with E-state index in [0.717, 1.165) is 24.1 Å². The molecule has 1 rings (SSSR count). The average Bonchev–Trinajstić information content (AvgIpc) is 2.78. The number of aryl methyl sites for hydroxylation is 2. The number of carbonyl (C=O) groups is 2. The van der Waals surface area contributed by atoms with Gasteiger partial charge in [-0.1, -0.05) is 0 Å². The monoisotopic (exact) mass is 268 g/mol. The van der Waals surface area contributed by atoms with Crippen LogP contribution < -0.4 is 5.32 Å². The molecule has 0 spiro atoms. The minimum absolute atomic E-state index is 0.376. The van der Waals surface area contributed by atoms with Gasteiger partial charge in [-0.25, -0.2) is 9.59 Å². The number of H-pyrrole nitrogens is 1. The van der Waals surface area contributed by atoms with E-state index in [2.05, 4.69) is 15.5 Å². The SMILES string of the molecule is Cc1[nH]ncc1CCCNC(=O)N(C)C(C)C(=O)O. The molecule has 1 heterocycles. The zero-order valence-corrected chi connectivity index (χ0v) is 11.4. The summed E-state index contributed by atoms with van der Waals surface area (Å²) in [5.41, 5.74) is 2.16. The minimum atomic E-state index is -1.02. The first-order chi connectivity index (χ1) is 8.93. The molecule has 0 bridgehead atoms. The van der Waals surface area contributed by atoms with E-state index in [1.54, 1.807) is 6.20 Å². The fourth-order valence-electron chi connectivity index (χ4n) is 1.57. The summed E-state index contributed by atoms with van der Waals surface area (Å²) in [5.74, 6) is -1.02. The lowest BCUT2D eigenvalue weighted by molar-refractivity contribution is -0.141. The molecule has 0 saturated heterocycles. The Morgan fingerprint density at radius 3 is 2.79 bits per heavy atom. The number of aliphatic carboxylic acids is 1. The van der Waals surface area contributed by atoms with Gasteiger partial charge in [-0.2, -0.15) is 5.10 Å². The van der Waals surface area contributed by atoms with Crippen LogP contribution in [0.25, 0.3) is 0 Å². The van der Waals surface area contributed by atoms with E-state index in [1.165, 1.54) is 18.9 Å². The first-order valence-electron chi connectivity index (χ1n) is 6.15. The Balaban J connectivity index is 2.27. The summed E-state index contributed by atoms with van der Waals surface area (Å²) in [4.78, 5) is 23.6. The second-order valence-corrected chi connectivity index (χ2v) is 4.48. The number of nitrogens with zero attached hydrogens (tertiary/aromatic N) is 2. The molecule has 1 aromatic rings. The van der Waals surface area contributed by atoms with Crippen LogP contribution >= 0.6 is 0 Å². The van der Waals surface area contributed by atoms with Crippen LogP contribution in [0.2, 0.25) is 0 Å². The maximum atomic E-state index is 11.7. The normalized spacial score (nSPS) is 11.9. The van der Waals surface area contributed by atoms with Crippen LogP contribution in [0.1, 0.15) is 24.6 Å². The van der Waals surface area contributed by atoms with Crippen molar-refractivity contribution in [2.24, 2.45) is 0 Å². The van der Waals surface area contributed by atoms with Crippen molar-refractivity contribution >= 4 is 12.0 Å². The average molecular weight is 268 g/mol. The van der Waals surface area contributed by atoms with Gasteiger partial charge in [0.2, 0.25) is 0 Å². The highest BCUT2D eigenvalue weighted by atomic mass is 16.4. The van der Waals surface area contributed by atoms with E-state index < -0.39 is 12.0 Å². The van der Waals surface area contributed by atoms with Gasteiger partial charge in [-0.3, -0.25) is 5.10 Å². The van der Waals surface area contributed by atoms with Crippen LogP contribution in [0.3, 0.4) is 0 Å². The predicted molar refractivity (Wildman–Crippen MR) is 69.9 cm³/mol. The van der Waals surface area contributed by atoms with Gasteiger partial charge in [-0.05, 0) is 32.3 Å². The molecule has 0 fully saturated rings. The van der Waals surface area contributed by atoms with Crippen molar-refractivity contribution in [3.05, 3.63) is 17.5 Å². The van der Waals surface area contributed by atoms with E-state index in [4.69, 9.17) is 5.11 Å². The Morgan fingerprint density at radius 1 is 1.58 bits per heavy atom. The fourth-order valence-corrected chi connectivity index (χ4v) is 1.57. The van der Waals surface area contributed by atoms with Gasteiger partial charge >= 0.3 is 12.0 Å². The Hall–Kier alpha value is -2.05. The summed E-state index contributed by atoms with van der Waals surface area (Å²) in [7, 11) is 1.47. The summed E-state index contributed by atoms with van der Waals surface area (Å²) >= 11 is 0. The van der Waals surface area contributed by atoms with Crippen molar-refractivity contribution in [2.75, 3.05) is 13.6 Å². The Kier molecular flexibility index (Phi) is 5.35. The number of aromatic nitrogens is 2. The van der Waals surface area contributed by atoms with E-state index in [0.29, 0.717) is 6.54 Å². The Morgan fingerprint density at radius 2 is 2.26 bits per heavy atom. The van der Waals surface area contributed by atoms with Gasteiger partial charge in [0, 0.05) is 19.3 Å². The molecule has 3 N–H and O–H groups in total. The number of rotatable bonds is 6. The highest BCUT2D eigenvalue weighted by molar-refractivity contribution is 5.82. The van der Waals surface area contributed by atoms with E-state index >= 15 is 0 Å². The molecule has 0 aliphatic rings. The van der Waals surface area contributed by atoms with Crippen molar-refractivity contribution in [3.63, 3.8) is 0 Å². The molecule has 0 saturated carbocycles. The number of amides is 2. The van der Waals surface area contributed by atoms with E-state index in [9.17, 15) is 9.59 Å². The number of urea groups is 1. The number of likely N-dealkylation sites (N-methyl/N-ethyl adjacent to an activating group) is 1. The highest BCUT2D eigenvalue weighted by Gasteiger charge is 2.20. The molecule has 0 aromatic carbocycles. The summed E-state index contributed by atoms with van der Waals surface area (Å²) in [5, 5.41) is 18.3.